The van der Waals surface area contributed by atoms with Gasteiger partial charge in [0.05, 0.1) is 22.3 Å². The zero-order chi connectivity index (χ0) is 19.9. The highest BCUT2D eigenvalue weighted by atomic mass is 32.2. The van der Waals surface area contributed by atoms with Gasteiger partial charge >= 0.3 is 5.97 Å². The number of nitrogens with zero attached hydrogens (tertiary/aromatic N) is 1. The largest absolute Gasteiger partial charge is 0.452 e. The van der Waals surface area contributed by atoms with E-state index in [0.29, 0.717) is 11.3 Å². The van der Waals surface area contributed by atoms with Gasteiger partial charge in [-0.2, -0.15) is 0 Å². The fraction of sp³-hybridized carbons (Fsp3) is 0.158. The normalized spacial score (nSPS) is 10.6. The van der Waals surface area contributed by atoms with Crippen LogP contribution in [0.25, 0.3) is 10.2 Å². The minimum atomic E-state index is -0.670. The summed E-state index contributed by atoms with van der Waals surface area (Å²) in [6.07, 6.45) is 0. The first-order chi connectivity index (χ1) is 13.5. The molecule has 0 fully saturated rings. The highest BCUT2D eigenvalue weighted by molar-refractivity contribution is 8.00. The van der Waals surface area contributed by atoms with Gasteiger partial charge < -0.3 is 15.8 Å². The van der Waals surface area contributed by atoms with Crippen molar-refractivity contribution in [3.63, 3.8) is 0 Å². The van der Waals surface area contributed by atoms with Crippen LogP contribution in [-0.4, -0.2) is 35.9 Å². The van der Waals surface area contributed by atoms with Crippen LogP contribution in [-0.2, 0) is 20.1 Å². The molecule has 0 bridgehead atoms. The van der Waals surface area contributed by atoms with Crippen molar-refractivity contribution in [1.29, 1.82) is 0 Å². The topological polar surface area (TPSA) is 111 Å². The molecule has 144 valence electrons. The van der Waals surface area contributed by atoms with Crippen LogP contribution in [0, 0.1) is 0 Å². The number of benzene rings is 2. The molecule has 0 spiro atoms. The Morgan fingerprint density at radius 2 is 1.86 bits per heavy atom. The molecule has 0 radical (unpaired) electrons. The van der Waals surface area contributed by atoms with Gasteiger partial charge in [0.1, 0.15) is 0 Å². The first-order valence-corrected chi connectivity index (χ1v) is 10.1. The lowest BCUT2D eigenvalue weighted by Crippen LogP contribution is -2.36. The third-order valence-corrected chi connectivity index (χ3v) is 5.89. The van der Waals surface area contributed by atoms with E-state index in [-0.39, 0.29) is 6.54 Å². The molecule has 0 saturated carbocycles. The van der Waals surface area contributed by atoms with Gasteiger partial charge in [0.25, 0.3) is 5.91 Å². The number of nitrogens with two attached hydrogens (primary N) is 1. The predicted octanol–water partition coefficient (Wildman–Crippen LogP) is 2.35. The summed E-state index contributed by atoms with van der Waals surface area (Å²) >= 11 is 3.13. The van der Waals surface area contributed by atoms with E-state index in [1.807, 2.05) is 36.4 Å². The molecule has 0 aliphatic rings. The maximum atomic E-state index is 12.3. The molecule has 3 rings (SSSR count). The molecule has 1 aromatic heterocycles. The van der Waals surface area contributed by atoms with Crippen LogP contribution >= 0.6 is 23.1 Å². The van der Waals surface area contributed by atoms with E-state index in [4.69, 9.17) is 10.5 Å². The number of esters is 1. The number of primary amides is 1. The molecule has 28 heavy (non-hydrogen) atoms. The van der Waals surface area contributed by atoms with E-state index in [2.05, 4.69) is 10.3 Å². The van der Waals surface area contributed by atoms with Crippen LogP contribution in [0.15, 0.2) is 52.9 Å². The summed E-state index contributed by atoms with van der Waals surface area (Å²) in [7, 11) is 0. The maximum absolute atomic E-state index is 12.3. The number of thioether (sulfide) groups is 1. The average Bonchev–Trinajstić information content (AvgIpc) is 3.12. The highest BCUT2D eigenvalue weighted by Gasteiger charge is 2.15. The predicted molar refractivity (Wildman–Crippen MR) is 108 cm³/mol. The number of nitrogens with one attached hydrogen (secondary N) is 1. The monoisotopic (exact) mass is 415 g/mol. The van der Waals surface area contributed by atoms with Crippen molar-refractivity contribution in [1.82, 2.24) is 10.3 Å². The van der Waals surface area contributed by atoms with Gasteiger partial charge in [0.2, 0.25) is 5.91 Å². The number of carbonyl (C=O) groups excluding carboxylic acids is 3. The standard InChI is InChI=1S/C19H17N3O4S2/c20-16(23)9-21-17(24)10-26-18(25)13-6-2-1-5-12(13)11-27-19-22-14-7-3-4-8-15(14)28-19/h1-8H,9-11H2,(H2,20,23)(H,21,24). The van der Waals surface area contributed by atoms with Crippen LogP contribution in [0.5, 0.6) is 0 Å². The number of fused-ring (bicyclic) bond motifs is 1. The minimum Gasteiger partial charge on any atom is -0.452 e. The summed E-state index contributed by atoms with van der Waals surface area (Å²) in [6, 6.07) is 15.0. The quantitative estimate of drug-likeness (QED) is 0.431. The summed E-state index contributed by atoms with van der Waals surface area (Å²) in [6.45, 7) is -0.781. The van der Waals surface area contributed by atoms with Crippen molar-refractivity contribution in [2.24, 2.45) is 5.73 Å². The third kappa shape index (κ3) is 5.30. The summed E-state index contributed by atoms with van der Waals surface area (Å²) in [5, 5.41) is 2.26. The summed E-state index contributed by atoms with van der Waals surface area (Å²) in [5.74, 6) is -1.32. The Morgan fingerprint density at radius 1 is 1.11 bits per heavy atom. The van der Waals surface area contributed by atoms with E-state index in [9.17, 15) is 14.4 Å². The molecule has 2 aromatic carbocycles. The number of carbonyl (C=O) groups is 3. The molecule has 0 saturated heterocycles. The van der Waals surface area contributed by atoms with Crippen molar-refractivity contribution in [2.45, 2.75) is 10.1 Å². The van der Waals surface area contributed by atoms with Gasteiger partial charge in [0, 0.05) is 5.75 Å². The minimum absolute atomic E-state index is 0.300. The number of hydrogen-bond acceptors (Lipinski definition) is 7. The number of thiazole rings is 1. The van der Waals surface area contributed by atoms with E-state index >= 15 is 0 Å². The van der Waals surface area contributed by atoms with Crippen molar-refractivity contribution < 1.29 is 19.1 Å². The van der Waals surface area contributed by atoms with Gasteiger partial charge in [-0.1, -0.05) is 42.1 Å². The number of rotatable bonds is 8. The van der Waals surface area contributed by atoms with Gasteiger partial charge in [-0.25, -0.2) is 9.78 Å². The Morgan fingerprint density at radius 3 is 2.64 bits per heavy atom. The lowest BCUT2D eigenvalue weighted by atomic mass is 10.1. The number of ether oxygens (including phenoxy) is 1. The molecular formula is C19H17N3O4S2. The summed E-state index contributed by atoms with van der Waals surface area (Å²) in [5.41, 5.74) is 7.07. The molecule has 0 aliphatic heterocycles. The molecule has 2 amide bonds. The fourth-order valence-corrected chi connectivity index (χ4v) is 4.42. The van der Waals surface area contributed by atoms with Crippen molar-refractivity contribution in [2.75, 3.05) is 13.2 Å². The lowest BCUT2D eigenvalue weighted by Gasteiger charge is -2.09. The Hall–Kier alpha value is -2.91. The van der Waals surface area contributed by atoms with E-state index < -0.39 is 24.4 Å². The van der Waals surface area contributed by atoms with E-state index in [1.54, 1.807) is 23.5 Å². The smallest absolute Gasteiger partial charge is 0.338 e. The summed E-state index contributed by atoms with van der Waals surface area (Å²) in [4.78, 5) is 39.1. The van der Waals surface area contributed by atoms with Crippen molar-refractivity contribution in [3.8, 4) is 0 Å². The number of amides is 2. The highest BCUT2D eigenvalue weighted by Crippen LogP contribution is 2.32. The number of para-hydroxylation sites is 1. The Labute approximate surface area is 169 Å². The third-order valence-electron chi connectivity index (χ3n) is 3.66. The number of aromatic nitrogens is 1. The Kier molecular flexibility index (Phi) is 6.62. The van der Waals surface area contributed by atoms with Crippen molar-refractivity contribution >= 4 is 51.1 Å². The van der Waals surface area contributed by atoms with Crippen LogP contribution in [0.3, 0.4) is 0 Å². The zero-order valence-electron chi connectivity index (χ0n) is 14.7. The first kappa shape index (κ1) is 19.8. The zero-order valence-corrected chi connectivity index (χ0v) is 16.3. The Balaban J connectivity index is 1.61. The maximum Gasteiger partial charge on any atom is 0.338 e. The van der Waals surface area contributed by atoms with Crippen LogP contribution in [0.2, 0.25) is 0 Å². The summed E-state index contributed by atoms with van der Waals surface area (Å²) < 4.78 is 7.06. The number of hydrogen-bond donors (Lipinski definition) is 2. The fourth-order valence-electron chi connectivity index (χ4n) is 2.34. The second-order valence-electron chi connectivity index (χ2n) is 5.71. The molecule has 3 N–H and O–H groups in total. The van der Waals surface area contributed by atoms with Crippen LogP contribution < -0.4 is 11.1 Å². The van der Waals surface area contributed by atoms with E-state index in [0.717, 1.165) is 20.1 Å². The molecule has 3 aromatic rings. The molecule has 9 heteroatoms. The first-order valence-electron chi connectivity index (χ1n) is 8.31. The van der Waals surface area contributed by atoms with E-state index in [1.165, 1.54) is 11.8 Å². The molecular weight excluding hydrogens is 398 g/mol. The molecule has 0 aliphatic carbocycles. The Bertz CT molecular complexity index is 986. The second-order valence-corrected chi connectivity index (χ2v) is 7.97. The van der Waals surface area contributed by atoms with Crippen LogP contribution in [0.1, 0.15) is 15.9 Å². The molecule has 1 heterocycles. The van der Waals surface area contributed by atoms with Crippen LogP contribution in [0.4, 0.5) is 0 Å². The van der Waals surface area contributed by atoms with Gasteiger partial charge in [-0.05, 0) is 23.8 Å². The lowest BCUT2D eigenvalue weighted by molar-refractivity contribution is -0.127. The average molecular weight is 415 g/mol. The van der Waals surface area contributed by atoms with Crippen molar-refractivity contribution in [3.05, 3.63) is 59.7 Å². The molecule has 7 nitrogen and oxygen atoms in total. The SMILES string of the molecule is NC(=O)CNC(=O)COC(=O)c1ccccc1CSc1nc2ccccc2s1. The molecule has 0 atom stereocenters. The van der Waals surface area contributed by atoms with Gasteiger partial charge in [-0.3, -0.25) is 9.59 Å². The van der Waals surface area contributed by atoms with Gasteiger partial charge in [0.15, 0.2) is 10.9 Å². The molecule has 0 unspecified atom stereocenters. The van der Waals surface area contributed by atoms with Gasteiger partial charge in [-0.15, -0.1) is 11.3 Å². The second kappa shape index (κ2) is 9.34.